The predicted octanol–water partition coefficient (Wildman–Crippen LogP) is 3.80. The van der Waals surface area contributed by atoms with Gasteiger partial charge in [0.2, 0.25) is 0 Å². The Morgan fingerprint density at radius 3 is 2.35 bits per heavy atom. The van der Waals surface area contributed by atoms with Gasteiger partial charge in [-0.3, -0.25) is 4.79 Å². The number of phenolic OH excluding ortho intramolecular Hbond substituents is 3. The fourth-order valence-electron chi connectivity index (χ4n) is 2.21. The Labute approximate surface area is 135 Å². The Hall–Kier alpha value is -2.75. The lowest BCUT2D eigenvalue weighted by Gasteiger charge is -2.01. The first-order valence-corrected chi connectivity index (χ1v) is 7.55. The van der Waals surface area contributed by atoms with Crippen LogP contribution in [0.15, 0.2) is 48.5 Å². The minimum absolute atomic E-state index is 0.0308. The highest BCUT2D eigenvalue weighted by molar-refractivity contribution is 5.93. The number of phenols is 3. The van der Waals surface area contributed by atoms with Crippen LogP contribution in [-0.4, -0.2) is 21.1 Å². The summed E-state index contributed by atoms with van der Waals surface area (Å²) in [4.78, 5) is 11.8. The van der Waals surface area contributed by atoms with Crippen LogP contribution < -0.4 is 0 Å². The molecule has 0 unspecified atom stereocenters. The van der Waals surface area contributed by atoms with Crippen molar-refractivity contribution in [2.45, 2.75) is 25.7 Å². The number of ketones is 1. The molecule has 4 nitrogen and oxygen atoms in total. The molecule has 4 heteroatoms. The highest BCUT2D eigenvalue weighted by atomic mass is 16.3. The van der Waals surface area contributed by atoms with Crippen LogP contribution in [0.25, 0.3) is 6.08 Å². The molecule has 0 saturated carbocycles. The van der Waals surface area contributed by atoms with Crippen molar-refractivity contribution in [2.24, 2.45) is 0 Å². The van der Waals surface area contributed by atoms with Gasteiger partial charge in [-0.15, -0.1) is 0 Å². The van der Waals surface area contributed by atoms with Gasteiger partial charge in [0.15, 0.2) is 17.3 Å². The van der Waals surface area contributed by atoms with E-state index in [2.05, 4.69) is 0 Å². The Kier molecular flexibility index (Phi) is 5.80. The highest BCUT2D eigenvalue weighted by Gasteiger charge is 2.01. The summed E-state index contributed by atoms with van der Waals surface area (Å²) in [5.41, 5.74) is 1.81. The standard InChI is InChI=1S/C19H20O4/c20-16(11-7-15-8-12-18(22)19(23)13-15)4-2-1-3-14-5-9-17(21)10-6-14/h5-13,21-23H,1-4H2/b11-7+. The SMILES string of the molecule is O=C(/C=C/c1ccc(O)c(O)c1)CCCCc1ccc(O)cc1. The lowest BCUT2D eigenvalue weighted by molar-refractivity contribution is -0.114. The summed E-state index contributed by atoms with van der Waals surface area (Å²) in [6.45, 7) is 0. The molecular weight excluding hydrogens is 292 g/mol. The topological polar surface area (TPSA) is 77.8 Å². The molecule has 23 heavy (non-hydrogen) atoms. The number of carbonyl (C=O) groups is 1. The van der Waals surface area contributed by atoms with E-state index in [1.165, 1.54) is 18.2 Å². The second-order valence-corrected chi connectivity index (χ2v) is 5.42. The lowest BCUT2D eigenvalue weighted by atomic mass is 10.1. The molecule has 0 radical (unpaired) electrons. The zero-order chi connectivity index (χ0) is 16.7. The zero-order valence-corrected chi connectivity index (χ0v) is 12.8. The molecule has 0 spiro atoms. The van der Waals surface area contributed by atoms with Crippen molar-refractivity contribution in [3.8, 4) is 17.2 Å². The van der Waals surface area contributed by atoms with E-state index in [1.807, 2.05) is 12.1 Å². The summed E-state index contributed by atoms with van der Waals surface area (Å²) in [6.07, 6.45) is 6.17. The average molecular weight is 312 g/mol. The third-order valence-corrected chi connectivity index (χ3v) is 3.54. The number of rotatable bonds is 7. The molecule has 0 bridgehead atoms. The summed E-state index contributed by atoms with van der Waals surface area (Å²) in [7, 11) is 0. The largest absolute Gasteiger partial charge is 0.508 e. The van der Waals surface area contributed by atoms with Crippen molar-refractivity contribution < 1.29 is 20.1 Å². The summed E-state index contributed by atoms with van der Waals surface area (Å²) in [6, 6.07) is 11.5. The van der Waals surface area contributed by atoms with E-state index in [9.17, 15) is 20.1 Å². The molecule has 0 aliphatic heterocycles. The Morgan fingerprint density at radius 2 is 1.65 bits per heavy atom. The fraction of sp³-hybridized carbons (Fsp3) is 0.211. The number of benzene rings is 2. The molecule has 0 aromatic heterocycles. The number of allylic oxidation sites excluding steroid dienone is 1. The number of aromatic hydroxyl groups is 3. The van der Waals surface area contributed by atoms with E-state index in [-0.39, 0.29) is 23.0 Å². The average Bonchev–Trinajstić information content (AvgIpc) is 2.54. The van der Waals surface area contributed by atoms with Crippen LogP contribution in [0, 0.1) is 0 Å². The lowest BCUT2D eigenvalue weighted by Crippen LogP contribution is -1.93. The maximum absolute atomic E-state index is 11.8. The minimum atomic E-state index is -0.200. The van der Waals surface area contributed by atoms with Gasteiger partial charge in [0.05, 0.1) is 0 Å². The van der Waals surface area contributed by atoms with E-state index in [1.54, 1.807) is 24.3 Å². The molecule has 2 aromatic rings. The van der Waals surface area contributed by atoms with Crippen LogP contribution in [0.2, 0.25) is 0 Å². The maximum Gasteiger partial charge on any atom is 0.157 e. The van der Waals surface area contributed by atoms with Crippen molar-refractivity contribution >= 4 is 11.9 Å². The predicted molar refractivity (Wildman–Crippen MR) is 89.5 cm³/mol. The second-order valence-electron chi connectivity index (χ2n) is 5.42. The van der Waals surface area contributed by atoms with Gasteiger partial charge in [-0.2, -0.15) is 0 Å². The Morgan fingerprint density at radius 1 is 0.913 bits per heavy atom. The van der Waals surface area contributed by atoms with Crippen molar-refractivity contribution in [3.05, 3.63) is 59.7 Å². The monoisotopic (exact) mass is 312 g/mol. The van der Waals surface area contributed by atoms with Gasteiger partial charge in [-0.1, -0.05) is 24.3 Å². The molecule has 0 fully saturated rings. The molecule has 2 aromatic carbocycles. The van der Waals surface area contributed by atoms with E-state index in [0.29, 0.717) is 12.0 Å². The van der Waals surface area contributed by atoms with Gasteiger partial charge >= 0.3 is 0 Å². The molecule has 3 N–H and O–H groups in total. The van der Waals surface area contributed by atoms with Crippen molar-refractivity contribution in [2.75, 3.05) is 0 Å². The summed E-state index contributed by atoms with van der Waals surface area (Å²) in [5, 5.41) is 27.8. The summed E-state index contributed by atoms with van der Waals surface area (Å²) in [5.74, 6) is -0.0891. The van der Waals surface area contributed by atoms with Crippen molar-refractivity contribution in [1.29, 1.82) is 0 Å². The van der Waals surface area contributed by atoms with Crippen LogP contribution in [0.4, 0.5) is 0 Å². The Bertz CT molecular complexity index is 687. The first-order valence-electron chi connectivity index (χ1n) is 7.55. The molecule has 2 rings (SSSR count). The Balaban J connectivity index is 1.73. The normalized spacial score (nSPS) is 11.0. The van der Waals surface area contributed by atoms with Gasteiger partial charge in [0.25, 0.3) is 0 Å². The van der Waals surface area contributed by atoms with Crippen molar-refractivity contribution in [1.82, 2.24) is 0 Å². The molecule has 0 aliphatic rings. The third-order valence-electron chi connectivity index (χ3n) is 3.54. The molecule has 0 atom stereocenters. The quantitative estimate of drug-likeness (QED) is 0.413. The van der Waals surface area contributed by atoms with Gasteiger partial charge in [0.1, 0.15) is 5.75 Å². The molecule has 0 aliphatic carbocycles. The summed E-state index contributed by atoms with van der Waals surface area (Å²) >= 11 is 0. The molecule has 120 valence electrons. The number of hydrogen-bond acceptors (Lipinski definition) is 4. The van der Waals surface area contributed by atoms with Gasteiger partial charge in [-0.25, -0.2) is 0 Å². The van der Waals surface area contributed by atoms with E-state index < -0.39 is 0 Å². The fourth-order valence-corrected chi connectivity index (χ4v) is 2.21. The first kappa shape index (κ1) is 16.6. The zero-order valence-electron chi connectivity index (χ0n) is 12.8. The summed E-state index contributed by atoms with van der Waals surface area (Å²) < 4.78 is 0. The first-order chi connectivity index (χ1) is 11.0. The highest BCUT2D eigenvalue weighted by Crippen LogP contribution is 2.25. The minimum Gasteiger partial charge on any atom is -0.508 e. The van der Waals surface area contributed by atoms with E-state index in [0.717, 1.165) is 24.8 Å². The second kappa shape index (κ2) is 8.03. The number of aryl methyl sites for hydroxylation is 1. The van der Waals surface area contributed by atoms with Crippen LogP contribution in [-0.2, 0) is 11.2 Å². The maximum atomic E-state index is 11.8. The number of unbranched alkanes of at least 4 members (excludes halogenated alkanes) is 1. The third kappa shape index (κ3) is 5.51. The smallest absolute Gasteiger partial charge is 0.157 e. The molecular formula is C19H20O4. The van der Waals surface area contributed by atoms with Crippen LogP contribution in [0.5, 0.6) is 17.2 Å². The molecule has 0 heterocycles. The van der Waals surface area contributed by atoms with Crippen molar-refractivity contribution in [3.63, 3.8) is 0 Å². The van der Waals surface area contributed by atoms with Gasteiger partial charge in [-0.05, 0) is 60.7 Å². The number of hydrogen-bond donors (Lipinski definition) is 3. The van der Waals surface area contributed by atoms with E-state index >= 15 is 0 Å². The van der Waals surface area contributed by atoms with E-state index in [4.69, 9.17) is 0 Å². The number of carbonyl (C=O) groups excluding carboxylic acids is 1. The van der Waals surface area contributed by atoms with Crippen LogP contribution in [0.3, 0.4) is 0 Å². The van der Waals surface area contributed by atoms with Crippen LogP contribution >= 0.6 is 0 Å². The van der Waals surface area contributed by atoms with Gasteiger partial charge in [0, 0.05) is 6.42 Å². The molecule has 0 amide bonds. The molecule has 0 saturated heterocycles. The van der Waals surface area contributed by atoms with Gasteiger partial charge < -0.3 is 15.3 Å². The van der Waals surface area contributed by atoms with Crippen LogP contribution in [0.1, 0.15) is 30.4 Å².